The first-order chi connectivity index (χ1) is 15.9. The molecule has 33 heavy (non-hydrogen) atoms. The Morgan fingerprint density at radius 3 is 2.39 bits per heavy atom. The average Bonchev–Trinajstić information content (AvgIpc) is 3.37. The molecule has 168 valence electrons. The molecule has 1 aliphatic heterocycles. The van der Waals surface area contributed by atoms with Crippen LogP contribution in [0.4, 0.5) is 14.5 Å². The van der Waals surface area contributed by atoms with E-state index in [1.807, 2.05) is 0 Å². The minimum Gasteiger partial charge on any atom is -0.482 e. The summed E-state index contributed by atoms with van der Waals surface area (Å²) in [5, 5.41) is 7.56. The van der Waals surface area contributed by atoms with Gasteiger partial charge in [-0.3, -0.25) is 9.59 Å². The van der Waals surface area contributed by atoms with Crippen molar-refractivity contribution < 1.29 is 27.5 Å². The summed E-state index contributed by atoms with van der Waals surface area (Å²) in [6, 6.07) is 8.10. The number of halogens is 3. The quantitative estimate of drug-likeness (QED) is 0.487. The third-order valence-corrected chi connectivity index (χ3v) is 5.85. The van der Waals surface area contributed by atoms with Crippen molar-refractivity contribution >= 4 is 29.1 Å². The Kier molecular flexibility index (Phi) is 5.41. The lowest BCUT2D eigenvalue weighted by Crippen LogP contribution is -2.32. The molecule has 3 aromatic rings. The molecule has 2 aromatic carbocycles. The number of anilines is 1. The zero-order valence-electron chi connectivity index (χ0n) is 17.1. The number of carbonyl (C=O) groups is 2. The number of hydrogen-bond donors (Lipinski definition) is 0. The first-order valence-corrected chi connectivity index (χ1v) is 10.6. The van der Waals surface area contributed by atoms with Gasteiger partial charge in [-0.15, -0.1) is 10.2 Å². The molecule has 0 bridgehead atoms. The molecule has 5 rings (SSSR count). The molecule has 2 heterocycles. The Hall–Kier alpha value is -3.59. The Morgan fingerprint density at radius 1 is 1.00 bits per heavy atom. The first-order valence-electron chi connectivity index (χ1n) is 10.2. The lowest BCUT2D eigenvalue weighted by atomic mass is 9.93. The van der Waals surface area contributed by atoms with E-state index in [4.69, 9.17) is 20.8 Å². The van der Waals surface area contributed by atoms with E-state index in [2.05, 4.69) is 10.2 Å². The van der Waals surface area contributed by atoms with Gasteiger partial charge in [-0.05, 0) is 43.9 Å². The molecule has 0 saturated heterocycles. The largest absolute Gasteiger partial charge is 0.482 e. The van der Waals surface area contributed by atoms with E-state index in [0.29, 0.717) is 24.0 Å². The van der Waals surface area contributed by atoms with Gasteiger partial charge in [0.05, 0.1) is 16.3 Å². The standard InChI is InChI=1S/C23H16ClF2N3O4/c24-15-9-17(26)18(29-22(30)12-5-1-2-6-13(12)23(29)31)10-19(15)32-11-20-27-28-21(33-20)14-7-3-4-8-16(14)25/h3-4,7-10H,1-2,5-6,11H2. The maximum atomic E-state index is 14.7. The van der Waals surface area contributed by atoms with E-state index >= 15 is 0 Å². The molecule has 0 unspecified atom stereocenters. The summed E-state index contributed by atoms with van der Waals surface area (Å²) in [4.78, 5) is 26.4. The second-order valence-electron chi connectivity index (χ2n) is 7.61. The van der Waals surface area contributed by atoms with E-state index in [1.165, 1.54) is 24.3 Å². The normalized spacial score (nSPS) is 15.9. The van der Waals surface area contributed by atoms with Crippen molar-refractivity contribution in [1.29, 1.82) is 0 Å². The fourth-order valence-corrected chi connectivity index (χ4v) is 4.16. The minimum absolute atomic E-state index is 0.0178. The van der Waals surface area contributed by atoms with Gasteiger partial charge in [-0.1, -0.05) is 23.7 Å². The monoisotopic (exact) mass is 471 g/mol. The van der Waals surface area contributed by atoms with Gasteiger partial charge in [-0.25, -0.2) is 13.7 Å². The molecule has 1 aromatic heterocycles. The summed E-state index contributed by atoms with van der Waals surface area (Å²) in [6.45, 7) is -0.247. The van der Waals surface area contributed by atoms with Crippen molar-refractivity contribution in [3.8, 4) is 17.2 Å². The van der Waals surface area contributed by atoms with Crippen LogP contribution in [0.25, 0.3) is 11.5 Å². The number of nitrogens with zero attached hydrogens (tertiary/aromatic N) is 3. The predicted molar refractivity (Wildman–Crippen MR) is 113 cm³/mol. The fourth-order valence-electron chi connectivity index (χ4n) is 3.95. The van der Waals surface area contributed by atoms with Gasteiger partial charge in [0.25, 0.3) is 23.6 Å². The molecule has 0 N–H and O–H groups in total. The number of benzene rings is 2. The lowest BCUT2D eigenvalue weighted by molar-refractivity contribution is -0.120. The Bertz CT molecular complexity index is 1290. The van der Waals surface area contributed by atoms with Gasteiger partial charge in [0.1, 0.15) is 17.4 Å². The summed E-state index contributed by atoms with van der Waals surface area (Å²) in [5.74, 6) is -2.36. The van der Waals surface area contributed by atoms with Gasteiger partial charge in [0.15, 0.2) is 6.61 Å². The summed E-state index contributed by atoms with van der Waals surface area (Å²) < 4.78 is 39.7. The van der Waals surface area contributed by atoms with Crippen molar-refractivity contribution in [2.24, 2.45) is 0 Å². The fraction of sp³-hybridized carbons (Fsp3) is 0.217. The van der Waals surface area contributed by atoms with Crippen LogP contribution in [0.2, 0.25) is 5.02 Å². The molecular formula is C23H16ClF2N3O4. The zero-order valence-corrected chi connectivity index (χ0v) is 17.9. The Morgan fingerprint density at radius 2 is 1.70 bits per heavy atom. The molecule has 0 atom stereocenters. The van der Waals surface area contributed by atoms with Crippen LogP contribution in [-0.2, 0) is 16.2 Å². The lowest BCUT2D eigenvalue weighted by Gasteiger charge is -2.18. The van der Waals surface area contributed by atoms with Crippen LogP contribution in [0.5, 0.6) is 5.75 Å². The highest BCUT2D eigenvalue weighted by molar-refractivity contribution is 6.34. The Balaban J connectivity index is 1.38. The number of amides is 2. The van der Waals surface area contributed by atoms with Gasteiger partial charge in [-0.2, -0.15) is 0 Å². The third kappa shape index (κ3) is 3.78. The molecule has 0 fully saturated rings. The number of carbonyl (C=O) groups excluding carboxylic acids is 2. The summed E-state index contributed by atoms with van der Waals surface area (Å²) in [7, 11) is 0. The highest BCUT2D eigenvalue weighted by Gasteiger charge is 2.41. The number of rotatable bonds is 5. The second-order valence-corrected chi connectivity index (χ2v) is 8.02. The van der Waals surface area contributed by atoms with Crippen LogP contribution in [0.3, 0.4) is 0 Å². The molecule has 0 radical (unpaired) electrons. The second kappa shape index (κ2) is 8.40. The minimum atomic E-state index is -0.825. The molecular weight excluding hydrogens is 456 g/mol. The molecule has 1 aliphatic carbocycles. The van der Waals surface area contributed by atoms with Crippen molar-refractivity contribution in [3.05, 3.63) is 70.1 Å². The van der Waals surface area contributed by atoms with Crippen molar-refractivity contribution in [3.63, 3.8) is 0 Å². The maximum Gasteiger partial charge on any atom is 0.261 e. The zero-order chi connectivity index (χ0) is 23.1. The van der Waals surface area contributed by atoms with Gasteiger partial charge < -0.3 is 9.15 Å². The summed E-state index contributed by atoms with van der Waals surface area (Å²) >= 11 is 6.11. The van der Waals surface area contributed by atoms with Crippen molar-refractivity contribution in [2.45, 2.75) is 32.3 Å². The van der Waals surface area contributed by atoms with Crippen LogP contribution in [0, 0.1) is 11.6 Å². The number of aromatic nitrogens is 2. The van der Waals surface area contributed by atoms with E-state index in [9.17, 15) is 18.4 Å². The van der Waals surface area contributed by atoms with Gasteiger partial charge in [0.2, 0.25) is 0 Å². The third-order valence-electron chi connectivity index (χ3n) is 5.55. The van der Waals surface area contributed by atoms with Gasteiger partial charge in [0, 0.05) is 17.2 Å². The molecule has 7 nitrogen and oxygen atoms in total. The van der Waals surface area contributed by atoms with Crippen LogP contribution in [0.15, 0.2) is 52.0 Å². The number of imide groups is 1. The van der Waals surface area contributed by atoms with Crippen LogP contribution >= 0.6 is 11.6 Å². The van der Waals surface area contributed by atoms with E-state index in [1.54, 1.807) is 6.07 Å². The number of ether oxygens (including phenoxy) is 1. The highest BCUT2D eigenvalue weighted by Crippen LogP contribution is 2.39. The molecule has 0 saturated carbocycles. The summed E-state index contributed by atoms with van der Waals surface area (Å²) in [5.41, 5.74) is 0.779. The van der Waals surface area contributed by atoms with Crippen molar-refractivity contribution in [1.82, 2.24) is 10.2 Å². The van der Waals surface area contributed by atoms with Crippen molar-refractivity contribution in [2.75, 3.05) is 4.90 Å². The summed E-state index contributed by atoms with van der Waals surface area (Å²) in [6.07, 6.45) is 2.61. The number of hydrogen-bond acceptors (Lipinski definition) is 6. The molecule has 2 amide bonds. The van der Waals surface area contributed by atoms with Crippen LogP contribution in [-0.4, -0.2) is 22.0 Å². The van der Waals surface area contributed by atoms with Crippen LogP contribution < -0.4 is 9.64 Å². The van der Waals surface area contributed by atoms with E-state index in [0.717, 1.165) is 23.8 Å². The highest BCUT2D eigenvalue weighted by atomic mass is 35.5. The Labute approximate surface area is 191 Å². The van der Waals surface area contributed by atoms with Crippen LogP contribution in [0.1, 0.15) is 31.6 Å². The first kappa shape index (κ1) is 21.3. The topological polar surface area (TPSA) is 85.5 Å². The molecule has 0 spiro atoms. The van der Waals surface area contributed by atoms with Gasteiger partial charge >= 0.3 is 0 Å². The maximum absolute atomic E-state index is 14.7. The smallest absolute Gasteiger partial charge is 0.261 e. The average molecular weight is 472 g/mol. The SMILES string of the molecule is O=C1C2=C(CCCC2)C(=O)N1c1cc(OCc2nnc(-c3ccccc3F)o2)c(Cl)cc1F. The van der Waals surface area contributed by atoms with E-state index < -0.39 is 23.4 Å². The molecule has 2 aliphatic rings. The molecule has 10 heteroatoms. The predicted octanol–water partition coefficient (Wildman–Crippen LogP) is 4.99. The van der Waals surface area contributed by atoms with E-state index in [-0.39, 0.29) is 40.4 Å².